The number of nitrogens with one attached hydrogen (secondary N) is 2. The molecule has 15 nitrogen and oxygen atoms in total. The number of rotatable bonds is 18. The van der Waals surface area contributed by atoms with Crippen LogP contribution in [0, 0.1) is 0 Å². The van der Waals surface area contributed by atoms with Gasteiger partial charge < -0.3 is 31.2 Å². The van der Waals surface area contributed by atoms with Gasteiger partial charge in [-0.15, -0.1) is 0 Å². The maximum Gasteiger partial charge on any atom is 0.317 e. The molecule has 1 heterocycles. The van der Waals surface area contributed by atoms with Crippen molar-refractivity contribution in [2.45, 2.75) is 51.2 Å². The van der Waals surface area contributed by atoms with Gasteiger partial charge in [-0.05, 0) is 25.8 Å². The third-order valence-corrected chi connectivity index (χ3v) is 6.93. The standard InChI is InChI=1S/C26H49N7O8/c1-2-3-7-29-26(41)21(27)6-4-5-8-28-22(20-34)33-15-13-31(18-24(37)38)11-9-30(17-23(35)36)10-12-32(14-16-33)19-25(39)40/h20-22,28H,2-19,27H2,1H3,(H,29,41)(H,35,36)(H,37,38)(H,39,40)/t21-,22?/m1/s1. The van der Waals surface area contributed by atoms with Gasteiger partial charge in [-0.3, -0.25) is 44.1 Å². The monoisotopic (exact) mass is 587 g/mol. The first kappa shape index (κ1) is 36.3. The molecule has 0 aromatic rings. The Balaban J connectivity index is 2.80. The summed E-state index contributed by atoms with van der Waals surface area (Å²) in [5.41, 5.74) is 5.97. The highest BCUT2D eigenvalue weighted by Gasteiger charge is 2.23. The minimum absolute atomic E-state index is 0.167. The first-order chi connectivity index (χ1) is 19.5. The van der Waals surface area contributed by atoms with Gasteiger partial charge in [-0.25, -0.2) is 0 Å². The summed E-state index contributed by atoms with van der Waals surface area (Å²) < 4.78 is 0. The van der Waals surface area contributed by atoms with Crippen LogP contribution < -0.4 is 16.4 Å². The number of nitrogens with two attached hydrogens (primary N) is 1. The van der Waals surface area contributed by atoms with E-state index in [0.717, 1.165) is 19.1 Å². The van der Waals surface area contributed by atoms with E-state index >= 15 is 0 Å². The van der Waals surface area contributed by atoms with Crippen LogP contribution in [0.25, 0.3) is 0 Å². The second-order valence-electron chi connectivity index (χ2n) is 10.3. The van der Waals surface area contributed by atoms with Crippen molar-refractivity contribution in [3.63, 3.8) is 0 Å². The number of amides is 1. The summed E-state index contributed by atoms with van der Waals surface area (Å²) in [7, 11) is 0. The van der Waals surface area contributed by atoms with Gasteiger partial charge in [0.25, 0.3) is 0 Å². The van der Waals surface area contributed by atoms with E-state index in [-0.39, 0.29) is 25.5 Å². The predicted octanol–water partition coefficient (Wildman–Crippen LogP) is -2.01. The van der Waals surface area contributed by atoms with Crippen LogP contribution in [-0.2, 0) is 24.0 Å². The van der Waals surface area contributed by atoms with E-state index in [0.29, 0.717) is 84.7 Å². The number of carbonyl (C=O) groups excluding carboxylic acids is 2. The van der Waals surface area contributed by atoms with Gasteiger partial charge in [0.2, 0.25) is 5.91 Å². The summed E-state index contributed by atoms with van der Waals surface area (Å²) in [5.74, 6) is -3.21. The number of carbonyl (C=O) groups is 5. The van der Waals surface area contributed by atoms with Crippen LogP contribution >= 0.6 is 0 Å². The summed E-state index contributed by atoms with van der Waals surface area (Å²) in [5, 5.41) is 34.0. The van der Waals surface area contributed by atoms with Crippen molar-refractivity contribution in [2.75, 3.05) is 85.1 Å². The molecule has 1 amide bonds. The summed E-state index contributed by atoms with van der Waals surface area (Å²) >= 11 is 0. The molecule has 0 saturated carbocycles. The smallest absolute Gasteiger partial charge is 0.317 e. The van der Waals surface area contributed by atoms with Crippen LogP contribution in [0.1, 0.15) is 39.0 Å². The molecule has 0 radical (unpaired) electrons. The molecule has 0 aromatic carbocycles. The SMILES string of the molecule is CCCCNC(=O)[C@H](N)CCCCNC(C=O)N1CCN(CC(=O)O)CCN(CC(=O)O)CCN(CC(=O)O)CC1. The Bertz CT molecular complexity index is 787. The molecule has 15 heteroatoms. The number of unbranched alkanes of at least 4 members (excludes halogenated alkanes) is 2. The highest BCUT2D eigenvalue weighted by molar-refractivity contribution is 5.81. The zero-order chi connectivity index (χ0) is 30.6. The van der Waals surface area contributed by atoms with E-state index in [1.807, 2.05) is 11.8 Å². The minimum atomic E-state index is -1.02. The quantitative estimate of drug-likeness (QED) is 0.0756. The third kappa shape index (κ3) is 17.0. The lowest BCUT2D eigenvalue weighted by Crippen LogP contribution is -2.54. The molecule has 41 heavy (non-hydrogen) atoms. The number of aliphatic carboxylic acids is 3. The molecule has 1 aliphatic rings. The number of aldehydes is 1. The lowest BCUT2D eigenvalue weighted by molar-refractivity contribution is -0.140. The molecular formula is C26H49N7O8. The predicted molar refractivity (Wildman–Crippen MR) is 151 cm³/mol. The van der Waals surface area contributed by atoms with Crippen LogP contribution in [0.15, 0.2) is 0 Å². The maximum atomic E-state index is 12.1. The molecule has 1 fully saturated rings. The Hall–Kier alpha value is -2.69. The van der Waals surface area contributed by atoms with E-state index in [1.54, 1.807) is 14.7 Å². The zero-order valence-electron chi connectivity index (χ0n) is 24.2. The highest BCUT2D eigenvalue weighted by Crippen LogP contribution is 2.05. The normalized spacial score (nSPS) is 18.5. The average molecular weight is 588 g/mol. The summed E-state index contributed by atoms with van der Waals surface area (Å²) in [6.45, 7) is 4.97. The molecule has 1 unspecified atom stereocenters. The average Bonchev–Trinajstić information content (AvgIpc) is 2.90. The van der Waals surface area contributed by atoms with E-state index in [9.17, 15) is 39.3 Å². The Labute approximate surface area is 242 Å². The number of carboxylic acids is 3. The number of nitrogens with zero attached hydrogens (tertiary/aromatic N) is 4. The van der Waals surface area contributed by atoms with E-state index < -0.39 is 30.1 Å². The Morgan fingerprint density at radius 3 is 1.63 bits per heavy atom. The van der Waals surface area contributed by atoms with Crippen molar-refractivity contribution in [3.8, 4) is 0 Å². The first-order valence-corrected chi connectivity index (χ1v) is 14.3. The van der Waals surface area contributed by atoms with Crippen LogP contribution in [0.3, 0.4) is 0 Å². The molecule has 1 rings (SSSR count). The fourth-order valence-electron chi connectivity index (χ4n) is 4.53. The van der Waals surface area contributed by atoms with Crippen molar-refractivity contribution in [1.82, 2.24) is 30.2 Å². The lowest BCUT2D eigenvalue weighted by Gasteiger charge is -2.35. The maximum absolute atomic E-state index is 12.1. The molecule has 1 saturated heterocycles. The van der Waals surface area contributed by atoms with Crippen molar-refractivity contribution >= 4 is 30.1 Å². The summed E-state index contributed by atoms with van der Waals surface area (Å²) in [6, 6.07) is -0.587. The molecule has 7 N–H and O–H groups in total. The van der Waals surface area contributed by atoms with E-state index in [1.165, 1.54) is 0 Å². The van der Waals surface area contributed by atoms with Crippen molar-refractivity contribution < 1.29 is 39.3 Å². The first-order valence-electron chi connectivity index (χ1n) is 14.3. The fraction of sp³-hybridized carbons (Fsp3) is 0.808. The zero-order valence-corrected chi connectivity index (χ0v) is 24.2. The van der Waals surface area contributed by atoms with Gasteiger partial charge in [-0.1, -0.05) is 19.8 Å². The van der Waals surface area contributed by atoms with Crippen molar-refractivity contribution in [3.05, 3.63) is 0 Å². The second kappa shape index (κ2) is 21.1. The topological polar surface area (TPSA) is 209 Å². The highest BCUT2D eigenvalue weighted by atomic mass is 16.4. The molecule has 0 aliphatic carbocycles. The van der Waals surface area contributed by atoms with E-state index in [4.69, 9.17) is 5.73 Å². The largest absolute Gasteiger partial charge is 0.480 e. The van der Waals surface area contributed by atoms with Gasteiger partial charge in [0, 0.05) is 58.9 Å². The number of carboxylic acid groups (broad SMARTS) is 3. The molecule has 0 spiro atoms. The van der Waals surface area contributed by atoms with Crippen molar-refractivity contribution in [2.24, 2.45) is 5.73 Å². The molecule has 236 valence electrons. The van der Waals surface area contributed by atoms with E-state index in [2.05, 4.69) is 10.6 Å². The van der Waals surface area contributed by atoms with Gasteiger partial charge in [0.05, 0.1) is 25.7 Å². The van der Waals surface area contributed by atoms with Crippen LogP contribution in [0.4, 0.5) is 0 Å². The Morgan fingerprint density at radius 2 is 1.22 bits per heavy atom. The Morgan fingerprint density at radius 1 is 0.756 bits per heavy atom. The minimum Gasteiger partial charge on any atom is -0.480 e. The van der Waals surface area contributed by atoms with Gasteiger partial charge >= 0.3 is 17.9 Å². The van der Waals surface area contributed by atoms with Crippen molar-refractivity contribution in [1.29, 1.82) is 0 Å². The number of hydrogen-bond acceptors (Lipinski definition) is 11. The summed E-state index contributed by atoms with van der Waals surface area (Å²) in [6.07, 6.45) is 3.87. The second-order valence-corrected chi connectivity index (χ2v) is 10.3. The van der Waals surface area contributed by atoms with Gasteiger partial charge in [0.1, 0.15) is 6.17 Å². The molecule has 0 aromatic heterocycles. The molecule has 2 atom stereocenters. The molecule has 1 aliphatic heterocycles. The van der Waals surface area contributed by atoms with Crippen LogP contribution in [0.5, 0.6) is 0 Å². The number of hydrogen-bond donors (Lipinski definition) is 6. The van der Waals surface area contributed by atoms with Crippen LogP contribution in [-0.4, -0.2) is 162 Å². The van der Waals surface area contributed by atoms with Gasteiger partial charge in [0.15, 0.2) is 6.29 Å². The molecule has 0 bridgehead atoms. The lowest BCUT2D eigenvalue weighted by atomic mass is 10.1. The molecular weight excluding hydrogens is 538 g/mol. The summed E-state index contributed by atoms with van der Waals surface area (Å²) in [4.78, 5) is 65.3. The van der Waals surface area contributed by atoms with Crippen LogP contribution in [0.2, 0.25) is 0 Å². The Kier molecular flexibility index (Phi) is 18.7. The van der Waals surface area contributed by atoms with Gasteiger partial charge in [-0.2, -0.15) is 0 Å². The third-order valence-electron chi connectivity index (χ3n) is 6.93. The fourth-order valence-corrected chi connectivity index (χ4v) is 4.53.